The molecule has 0 radical (unpaired) electrons. The van der Waals surface area contributed by atoms with E-state index in [-0.39, 0.29) is 6.10 Å². The summed E-state index contributed by atoms with van der Waals surface area (Å²) in [5.74, 6) is 0. The molecule has 114 valence electrons. The predicted molar refractivity (Wildman–Crippen MR) is 71.8 cm³/mol. The summed E-state index contributed by atoms with van der Waals surface area (Å²) in [6.07, 6.45) is 0.684. The Morgan fingerprint density at radius 1 is 1.16 bits per heavy atom. The highest BCUT2D eigenvalue weighted by Crippen LogP contribution is 2.18. The van der Waals surface area contributed by atoms with Crippen molar-refractivity contribution in [3.8, 4) is 0 Å². The van der Waals surface area contributed by atoms with E-state index in [1.165, 1.54) is 0 Å². The van der Waals surface area contributed by atoms with Gasteiger partial charge in [0.25, 0.3) is 0 Å². The molecule has 1 rings (SSSR count). The molecule has 1 aliphatic rings. The summed E-state index contributed by atoms with van der Waals surface area (Å²) in [7, 11) is -3.02. The van der Waals surface area contributed by atoms with Crippen LogP contribution < -0.4 is 0 Å². The van der Waals surface area contributed by atoms with Crippen LogP contribution in [-0.4, -0.2) is 65.4 Å². The van der Waals surface area contributed by atoms with Gasteiger partial charge in [-0.15, -0.1) is 0 Å². The molecule has 7 heteroatoms. The van der Waals surface area contributed by atoms with Crippen molar-refractivity contribution in [3.63, 3.8) is 0 Å². The minimum absolute atomic E-state index is 0.241. The maximum absolute atomic E-state index is 10.3. The first kappa shape index (κ1) is 17.0. The maximum atomic E-state index is 10.3. The molecule has 0 saturated carbocycles. The number of aliphatic hydroxyl groups is 1. The van der Waals surface area contributed by atoms with Gasteiger partial charge in [0.2, 0.25) is 0 Å². The Kier molecular flexibility index (Phi) is 8.08. The van der Waals surface area contributed by atoms with E-state index in [0.717, 1.165) is 6.61 Å². The van der Waals surface area contributed by atoms with Gasteiger partial charge in [0.1, 0.15) is 11.8 Å². The van der Waals surface area contributed by atoms with Crippen LogP contribution in [0.25, 0.3) is 0 Å². The van der Waals surface area contributed by atoms with Crippen molar-refractivity contribution < 1.29 is 27.9 Å². The van der Waals surface area contributed by atoms with Gasteiger partial charge in [0.15, 0.2) is 0 Å². The highest BCUT2D eigenvalue weighted by molar-refractivity contribution is 6.62. The van der Waals surface area contributed by atoms with E-state index >= 15 is 0 Å². The first-order valence-electron chi connectivity index (χ1n) is 6.97. The van der Waals surface area contributed by atoms with Crippen molar-refractivity contribution in [2.75, 3.05) is 39.6 Å². The monoisotopic (exact) mass is 294 g/mol. The number of rotatable bonds is 12. The molecule has 0 spiro atoms. The molecule has 0 bridgehead atoms. The fourth-order valence-corrected chi connectivity index (χ4v) is 4.27. The Balaban J connectivity index is 2.39. The highest BCUT2D eigenvalue weighted by Gasteiger charge is 2.48. The quantitative estimate of drug-likeness (QED) is 0.325. The van der Waals surface area contributed by atoms with E-state index in [1.807, 2.05) is 20.8 Å². The van der Waals surface area contributed by atoms with Crippen LogP contribution >= 0.6 is 0 Å². The second-order valence-corrected chi connectivity index (χ2v) is 6.98. The molecule has 0 aromatic heterocycles. The number of epoxide rings is 1. The van der Waals surface area contributed by atoms with Gasteiger partial charge in [-0.3, -0.25) is 0 Å². The van der Waals surface area contributed by atoms with Crippen LogP contribution in [0.1, 0.15) is 27.2 Å². The topological polar surface area (TPSA) is 69.7 Å². The van der Waals surface area contributed by atoms with Crippen LogP contribution in [0.2, 0.25) is 0 Å². The van der Waals surface area contributed by atoms with E-state index in [9.17, 15) is 5.11 Å². The molecule has 1 saturated heterocycles. The third-order valence-electron chi connectivity index (χ3n) is 2.69. The third-order valence-corrected chi connectivity index (χ3v) is 5.86. The zero-order chi connectivity index (χ0) is 14.1. The van der Waals surface area contributed by atoms with Crippen LogP contribution in [0.3, 0.4) is 0 Å². The van der Waals surface area contributed by atoms with E-state index in [1.54, 1.807) is 0 Å². The second kappa shape index (κ2) is 9.01. The summed E-state index contributed by atoms with van der Waals surface area (Å²) in [4.78, 5) is 0. The molecule has 0 amide bonds. The Morgan fingerprint density at radius 2 is 1.68 bits per heavy atom. The second-order valence-electron chi connectivity index (χ2n) is 4.24. The summed E-state index contributed by atoms with van der Waals surface area (Å²) in [6, 6.07) is 0. The van der Waals surface area contributed by atoms with Gasteiger partial charge in [-0.2, -0.15) is 0 Å². The molecule has 1 N–H and O–H groups in total. The zero-order valence-electron chi connectivity index (χ0n) is 12.1. The standard InChI is InChI=1S/C12H26O6Si/c1-4-16-19(17-5-2,18-6-3)12(13)7-8-14-9-11-10-15-11/h11-13H,4-10H2,1-3H3. The third kappa shape index (κ3) is 5.86. The molecule has 1 aliphatic heterocycles. The fourth-order valence-electron chi connectivity index (χ4n) is 1.77. The van der Waals surface area contributed by atoms with Crippen molar-refractivity contribution in [2.24, 2.45) is 0 Å². The van der Waals surface area contributed by atoms with Gasteiger partial charge < -0.3 is 27.9 Å². The first-order valence-corrected chi connectivity index (χ1v) is 8.78. The molecule has 0 aromatic carbocycles. The number of hydrogen-bond donors (Lipinski definition) is 1. The van der Waals surface area contributed by atoms with Gasteiger partial charge in [-0.25, -0.2) is 0 Å². The van der Waals surface area contributed by atoms with Gasteiger partial charge in [-0.05, 0) is 20.8 Å². The lowest BCUT2D eigenvalue weighted by molar-refractivity contribution is 0.00845. The van der Waals surface area contributed by atoms with E-state index in [2.05, 4.69) is 0 Å². The van der Waals surface area contributed by atoms with Crippen LogP contribution in [0.15, 0.2) is 0 Å². The van der Waals surface area contributed by atoms with E-state index < -0.39 is 14.5 Å². The molecular formula is C12H26O6Si. The molecule has 19 heavy (non-hydrogen) atoms. The Labute approximate surface area is 116 Å². The van der Waals surface area contributed by atoms with Gasteiger partial charge in [-0.1, -0.05) is 0 Å². The average molecular weight is 294 g/mol. The first-order chi connectivity index (χ1) is 9.18. The molecule has 2 atom stereocenters. The summed E-state index contributed by atoms with van der Waals surface area (Å²) in [6.45, 7) is 8.79. The van der Waals surface area contributed by atoms with Gasteiger partial charge >= 0.3 is 8.80 Å². The zero-order valence-corrected chi connectivity index (χ0v) is 13.1. The maximum Gasteiger partial charge on any atom is 0.531 e. The van der Waals surface area contributed by atoms with Crippen molar-refractivity contribution >= 4 is 8.80 Å². The van der Waals surface area contributed by atoms with Crippen molar-refractivity contribution in [3.05, 3.63) is 0 Å². The largest absolute Gasteiger partial charge is 0.531 e. The molecule has 1 fully saturated rings. The molecular weight excluding hydrogens is 268 g/mol. The molecule has 0 aliphatic carbocycles. The number of hydrogen-bond acceptors (Lipinski definition) is 6. The Morgan fingerprint density at radius 3 is 2.11 bits per heavy atom. The lowest BCUT2D eigenvalue weighted by atomic mass is 10.5. The minimum Gasteiger partial charge on any atom is -0.388 e. The van der Waals surface area contributed by atoms with Crippen LogP contribution in [0.5, 0.6) is 0 Å². The van der Waals surface area contributed by atoms with Gasteiger partial charge in [0, 0.05) is 32.8 Å². The van der Waals surface area contributed by atoms with E-state index in [4.69, 9.17) is 22.8 Å². The molecule has 1 heterocycles. The lowest BCUT2D eigenvalue weighted by Gasteiger charge is -2.32. The Bertz CT molecular complexity index is 219. The van der Waals surface area contributed by atoms with Crippen molar-refractivity contribution in [2.45, 2.75) is 39.0 Å². The minimum atomic E-state index is -3.02. The normalized spacial score (nSPS) is 20.5. The SMILES string of the molecule is CCO[Si](OCC)(OCC)C(O)CCOCC1CO1. The van der Waals surface area contributed by atoms with E-state index in [0.29, 0.717) is 39.5 Å². The van der Waals surface area contributed by atoms with Crippen LogP contribution in [0, 0.1) is 0 Å². The average Bonchev–Trinajstić information content (AvgIpc) is 3.19. The summed E-state index contributed by atoms with van der Waals surface area (Å²) in [5, 5.41) is 10.3. The molecule has 2 unspecified atom stereocenters. The van der Waals surface area contributed by atoms with Crippen LogP contribution in [0.4, 0.5) is 0 Å². The summed E-state index contributed by atoms with van der Waals surface area (Å²) >= 11 is 0. The smallest absolute Gasteiger partial charge is 0.388 e. The fraction of sp³-hybridized carbons (Fsp3) is 1.00. The molecule has 6 nitrogen and oxygen atoms in total. The van der Waals surface area contributed by atoms with Crippen molar-refractivity contribution in [1.82, 2.24) is 0 Å². The van der Waals surface area contributed by atoms with Crippen molar-refractivity contribution in [1.29, 1.82) is 0 Å². The van der Waals surface area contributed by atoms with Gasteiger partial charge in [0.05, 0.1) is 13.2 Å². The number of aliphatic hydroxyl groups excluding tert-OH is 1. The summed E-state index contributed by atoms with van der Waals surface area (Å²) in [5.41, 5.74) is -0.757. The Hall–Kier alpha value is -0.0231. The highest BCUT2D eigenvalue weighted by atomic mass is 28.4. The lowest BCUT2D eigenvalue weighted by Crippen LogP contribution is -2.57. The van der Waals surface area contributed by atoms with Crippen LogP contribution in [-0.2, 0) is 22.8 Å². The summed E-state index contributed by atoms with van der Waals surface area (Å²) < 4.78 is 27.4. The number of ether oxygens (including phenoxy) is 2. The predicted octanol–water partition coefficient (Wildman–Crippen LogP) is 0.740. The molecule has 0 aromatic rings.